The Morgan fingerprint density at radius 3 is 2.42 bits per heavy atom. The molecule has 2 aromatic carbocycles. The molecule has 0 saturated carbocycles. The molecule has 1 aliphatic rings. The van der Waals surface area contributed by atoms with Gasteiger partial charge in [-0.2, -0.15) is 0 Å². The minimum atomic E-state index is -3.02. The molecule has 1 heterocycles. The van der Waals surface area contributed by atoms with E-state index in [-0.39, 0.29) is 37.7 Å². The molecule has 7 nitrogen and oxygen atoms in total. The molecule has 31 heavy (non-hydrogen) atoms. The van der Waals surface area contributed by atoms with Crippen LogP contribution in [0.25, 0.3) is 0 Å². The molecule has 0 bridgehead atoms. The number of hydrogen-bond donors (Lipinski definition) is 2. The molecule has 1 fully saturated rings. The van der Waals surface area contributed by atoms with Crippen molar-refractivity contribution in [1.29, 1.82) is 0 Å². The number of nitrogens with one attached hydrogen (secondary N) is 1. The molecule has 168 valence electrons. The monoisotopic (exact) mass is 436 g/mol. The maximum Gasteiger partial charge on any atom is 0.238 e. The van der Waals surface area contributed by atoms with Crippen molar-refractivity contribution in [3.63, 3.8) is 0 Å². The molecular weight excluding hydrogens is 394 g/mol. The van der Waals surface area contributed by atoms with Crippen molar-refractivity contribution in [2.24, 2.45) is 0 Å². The van der Waals surface area contributed by atoms with Gasteiger partial charge in [-0.05, 0) is 37.1 Å². The number of hydrogen-bond acceptors (Lipinski definition) is 6. The summed E-state index contributed by atoms with van der Waals surface area (Å²) in [6.07, 6.45) is -2.36. The predicted molar refractivity (Wildman–Crippen MR) is 122 cm³/mol. The number of β-amino-alcohol motifs (C(OH)–C–C–N with tert-alkyl or cyclic N) is 1. The lowest BCUT2D eigenvalue weighted by Gasteiger charge is -2.35. The minimum absolute atomic E-state index is 0.0848. The Balaban J connectivity index is 1.68. The van der Waals surface area contributed by atoms with Crippen molar-refractivity contribution in [2.75, 3.05) is 58.1 Å². The first-order chi connectivity index (χ1) is 18.4. The number of benzene rings is 2. The van der Waals surface area contributed by atoms with E-state index in [4.69, 9.17) is 21.8 Å². The van der Waals surface area contributed by atoms with Crippen LogP contribution in [-0.2, 0) is 4.79 Å². The second kappa shape index (κ2) is 11.1. The molecule has 1 aliphatic heterocycles. The van der Waals surface area contributed by atoms with Gasteiger partial charge in [-0.25, -0.2) is 0 Å². The molecule has 2 N–H and O–H groups in total. The summed E-state index contributed by atoms with van der Waals surface area (Å²) in [4.78, 5) is 15.3. The number of carbonyl (C=O) groups is 1. The molecule has 0 radical (unpaired) electrons. The van der Waals surface area contributed by atoms with E-state index in [1.807, 2.05) is 6.07 Å². The fourth-order valence-corrected chi connectivity index (χ4v) is 3.18. The van der Waals surface area contributed by atoms with Gasteiger partial charge < -0.3 is 19.9 Å². The summed E-state index contributed by atoms with van der Waals surface area (Å²) in [5, 5.41) is 13.4. The molecule has 0 aromatic heterocycles. The third kappa shape index (κ3) is 6.69. The first-order valence-corrected chi connectivity index (χ1v) is 9.89. The normalized spacial score (nSPS) is 22.1. The first-order valence-electron chi connectivity index (χ1n) is 14.4. The van der Waals surface area contributed by atoms with Gasteiger partial charge in [0.2, 0.25) is 5.91 Å². The number of rotatable bonds is 9. The number of nitrogens with zero attached hydrogens (tertiary/aromatic N) is 2. The average molecular weight is 437 g/mol. The molecule has 7 heteroatoms. The second-order valence-corrected chi connectivity index (χ2v) is 7.11. The fourth-order valence-electron chi connectivity index (χ4n) is 3.18. The number of anilines is 1. The zero-order valence-electron chi connectivity index (χ0n) is 26.5. The molecule has 1 unspecified atom stereocenters. The van der Waals surface area contributed by atoms with E-state index in [1.54, 1.807) is 26.0 Å². The summed E-state index contributed by atoms with van der Waals surface area (Å²) in [6, 6.07) is 10.8. The Labute approximate surface area is 197 Å². The molecule has 0 spiro atoms. The standard InChI is InChI=1S/C24H33N3O4/c1-18-7-6-8-19(2)24(18)25-23(29)16-27-13-11-26(12-14-27)15-20(28)17-31-22-10-5-4-9-21(22)30-3/h4-10,20,28H,11-17H2,1-3H3,(H,25,29)/i3D3,15D2,16D2,17D2. The van der Waals surface area contributed by atoms with Gasteiger partial charge in [-0.3, -0.25) is 14.6 Å². The second-order valence-electron chi connectivity index (χ2n) is 7.11. The van der Waals surface area contributed by atoms with E-state index in [1.165, 1.54) is 29.2 Å². The smallest absolute Gasteiger partial charge is 0.238 e. The number of para-hydroxylation sites is 3. The quantitative estimate of drug-likeness (QED) is 0.628. The highest BCUT2D eigenvalue weighted by atomic mass is 16.5. The topological polar surface area (TPSA) is 74.3 Å². The van der Waals surface area contributed by atoms with Crippen molar-refractivity contribution in [2.45, 2.75) is 20.0 Å². The zero-order valence-corrected chi connectivity index (χ0v) is 17.5. The number of ether oxygens (including phenoxy) is 2. The van der Waals surface area contributed by atoms with Gasteiger partial charge in [0, 0.05) is 41.1 Å². The molecular formula is C24H33N3O4. The lowest BCUT2D eigenvalue weighted by molar-refractivity contribution is -0.117. The van der Waals surface area contributed by atoms with Crippen molar-refractivity contribution in [1.82, 2.24) is 9.80 Å². The third-order valence-electron chi connectivity index (χ3n) is 4.80. The largest absolute Gasteiger partial charge is 0.493 e. The van der Waals surface area contributed by atoms with Gasteiger partial charge in [0.25, 0.3) is 0 Å². The van der Waals surface area contributed by atoms with Crippen molar-refractivity contribution in [3.8, 4) is 11.5 Å². The van der Waals surface area contributed by atoms with Crippen LogP contribution in [0.15, 0.2) is 42.5 Å². The summed E-state index contributed by atoms with van der Waals surface area (Å²) in [5.74, 6) is -1.52. The van der Waals surface area contributed by atoms with Crippen LogP contribution in [0.1, 0.15) is 23.5 Å². The van der Waals surface area contributed by atoms with E-state index < -0.39 is 38.6 Å². The van der Waals surface area contributed by atoms with Crippen LogP contribution in [0.5, 0.6) is 11.5 Å². The van der Waals surface area contributed by atoms with E-state index in [0.29, 0.717) is 5.69 Å². The highest BCUT2D eigenvalue weighted by Gasteiger charge is 2.21. The van der Waals surface area contributed by atoms with Gasteiger partial charge >= 0.3 is 0 Å². The molecule has 2 aromatic rings. The number of methoxy groups -OCH3 is 1. The lowest BCUT2D eigenvalue weighted by Crippen LogP contribution is -2.50. The molecule has 3 rings (SSSR count). The molecule has 1 amide bonds. The summed E-state index contributed by atoms with van der Waals surface area (Å²) < 4.78 is 82.0. The Hall–Kier alpha value is -2.61. The van der Waals surface area contributed by atoms with E-state index >= 15 is 0 Å². The SMILES string of the molecule is [2H]C([2H])([2H])Oc1ccccc1OC([2H])([2H])C(O)C([2H])([2H])N1CCN(C([2H])([2H])C(=O)Nc2c(C)cccc2C)CC1. The van der Waals surface area contributed by atoms with Crippen LogP contribution in [0, 0.1) is 13.8 Å². The number of piperazine rings is 1. The van der Waals surface area contributed by atoms with Gasteiger partial charge in [0.05, 0.1) is 23.1 Å². The van der Waals surface area contributed by atoms with E-state index in [2.05, 4.69) is 5.32 Å². The Bertz CT molecular complexity index is 1180. The number of amides is 1. The minimum Gasteiger partial charge on any atom is -0.493 e. The molecule has 0 aliphatic carbocycles. The maximum atomic E-state index is 12.9. The average Bonchev–Trinajstić information content (AvgIpc) is 2.86. The van der Waals surface area contributed by atoms with Crippen LogP contribution in [-0.4, -0.2) is 79.7 Å². The van der Waals surface area contributed by atoms with Crippen LogP contribution in [0.2, 0.25) is 0 Å². The summed E-state index contributed by atoms with van der Waals surface area (Å²) in [5.41, 5.74) is 2.07. The molecule has 1 saturated heterocycles. The third-order valence-corrected chi connectivity index (χ3v) is 4.80. The number of aryl methyl sites for hydroxylation is 2. The molecule has 1 atom stereocenters. The van der Waals surface area contributed by atoms with Gasteiger partial charge in [-0.15, -0.1) is 0 Å². The Morgan fingerprint density at radius 1 is 1.10 bits per heavy atom. The van der Waals surface area contributed by atoms with Gasteiger partial charge in [0.15, 0.2) is 11.5 Å². The van der Waals surface area contributed by atoms with Gasteiger partial charge in [-0.1, -0.05) is 30.3 Å². The van der Waals surface area contributed by atoms with Crippen LogP contribution < -0.4 is 14.8 Å². The van der Waals surface area contributed by atoms with Gasteiger partial charge in [0.1, 0.15) is 12.7 Å². The van der Waals surface area contributed by atoms with E-state index in [9.17, 15) is 9.90 Å². The zero-order chi connectivity index (χ0) is 30.1. The number of aliphatic hydroxyl groups excluding tert-OH is 1. The highest BCUT2D eigenvalue weighted by molar-refractivity contribution is 5.93. The summed E-state index contributed by atoms with van der Waals surface area (Å²) in [6.45, 7) is -4.95. The highest BCUT2D eigenvalue weighted by Crippen LogP contribution is 2.25. The first kappa shape index (κ1) is 13.7. The van der Waals surface area contributed by atoms with E-state index in [0.717, 1.165) is 16.0 Å². The Morgan fingerprint density at radius 2 is 1.74 bits per heavy atom. The van der Waals surface area contributed by atoms with Crippen LogP contribution in [0.3, 0.4) is 0 Å². The van der Waals surface area contributed by atoms with Crippen LogP contribution >= 0.6 is 0 Å². The number of carbonyl (C=O) groups excluding carboxylic acids is 1. The maximum absolute atomic E-state index is 12.9. The summed E-state index contributed by atoms with van der Waals surface area (Å²) >= 11 is 0. The van der Waals surface area contributed by atoms with Crippen molar-refractivity contribution < 1.29 is 31.7 Å². The predicted octanol–water partition coefficient (Wildman–Crippen LogP) is 2.31. The summed E-state index contributed by atoms with van der Waals surface area (Å²) in [7, 11) is -2.85. The Kier molecular flexibility index (Phi) is 4.93. The fraction of sp³-hybridized carbons (Fsp3) is 0.458. The van der Waals surface area contributed by atoms with Crippen molar-refractivity contribution >= 4 is 11.6 Å². The van der Waals surface area contributed by atoms with Crippen molar-refractivity contribution in [3.05, 3.63) is 53.6 Å². The van der Waals surface area contributed by atoms with Crippen LogP contribution in [0.4, 0.5) is 5.69 Å². The number of aliphatic hydroxyl groups is 1. The lowest BCUT2D eigenvalue weighted by atomic mass is 10.1.